The van der Waals surface area contributed by atoms with Gasteiger partial charge >= 0.3 is 0 Å². The van der Waals surface area contributed by atoms with Crippen molar-refractivity contribution < 1.29 is 13.9 Å². The van der Waals surface area contributed by atoms with Crippen LogP contribution in [-0.4, -0.2) is 18.7 Å². The van der Waals surface area contributed by atoms with Gasteiger partial charge in [-0.25, -0.2) is 5.43 Å². The molecule has 1 amide bonds. The van der Waals surface area contributed by atoms with Crippen molar-refractivity contribution in [1.29, 1.82) is 0 Å². The van der Waals surface area contributed by atoms with E-state index in [4.69, 9.17) is 20.8 Å². The van der Waals surface area contributed by atoms with Gasteiger partial charge in [-0.1, -0.05) is 56.6 Å². The molecule has 5 nitrogen and oxygen atoms in total. The molecule has 3 rings (SSSR count). The Morgan fingerprint density at radius 2 is 1.87 bits per heavy atom. The van der Waals surface area contributed by atoms with Gasteiger partial charge in [0.1, 0.15) is 17.3 Å². The molecule has 1 aromatic heterocycles. The Hall–Kier alpha value is -3.05. The van der Waals surface area contributed by atoms with E-state index in [2.05, 4.69) is 37.4 Å². The molecule has 0 radical (unpaired) electrons. The minimum atomic E-state index is -0.354. The summed E-state index contributed by atoms with van der Waals surface area (Å²) in [5.74, 6) is 1.51. The van der Waals surface area contributed by atoms with E-state index in [0.29, 0.717) is 22.3 Å². The molecule has 0 spiro atoms. The number of hydrogen-bond acceptors (Lipinski definition) is 4. The lowest BCUT2D eigenvalue weighted by atomic mass is 9.86. The van der Waals surface area contributed by atoms with Crippen molar-refractivity contribution in [1.82, 2.24) is 5.43 Å². The summed E-state index contributed by atoms with van der Waals surface area (Å²) < 4.78 is 11.4. The number of furan rings is 1. The van der Waals surface area contributed by atoms with Crippen LogP contribution >= 0.6 is 11.6 Å². The second-order valence-electron chi connectivity index (χ2n) is 8.48. The van der Waals surface area contributed by atoms with Gasteiger partial charge in [-0.3, -0.25) is 4.79 Å². The fraction of sp³-hybridized carbons (Fsp3) is 0.280. The minimum Gasteiger partial charge on any atom is -0.483 e. The maximum Gasteiger partial charge on any atom is 0.277 e. The molecule has 1 heterocycles. The lowest BCUT2D eigenvalue weighted by Gasteiger charge is -2.20. The van der Waals surface area contributed by atoms with Gasteiger partial charge in [0, 0.05) is 10.6 Å². The molecular formula is C25H27ClN2O3. The SMILES string of the molecule is Cc1ccc(-c2ccc(C=NNC(=O)COc3ccc(C(C)(C)C)cc3C)o2)cc1Cl. The summed E-state index contributed by atoms with van der Waals surface area (Å²) in [5.41, 5.74) is 6.60. The van der Waals surface area contributed by atoms with Gasteiger partial charge in [-0.15, -0.1) is 0 Å². The van der Waals surface area contributed by atoms with Gasteiger partial charge in [0.15, 0.2) is 6.61 Å². The number of benzene rings is 2. The van der Waals surface area contributed by atoms with E-state index in [-0.39, 0.29) is 17.9 Å². The van der Waals surface area contributed by atoms with Gasteiger partial charge in [0.05, 0.1) is 6.21 Å². The molecule has 0 fully saturated rings. The smallest absolute Gasteiger partial charge is 0.277 e. The first-order chi connectivity index (χ1) is 14.6. The summed E-state index contributed by atoms with van der Waals surface area (Å²) in [7, 11) is 0. The largest absolute Gasteiger partial charge is 0.483 e. The van der Waals surface area contributed by atoms with E-state index in [9.17, 15) is 4.79 Å². The molecule has 0 saturated heterocycles. The first kappa shape index (κ1) is 22.6. The van der Waals surface area contributed by atoms with Crippen LogP contribution in [0.1, 0.15) is 43.2 Å². The maximum absolute atomic E-state index is 12.0. The number of hydrogen-bond donors (Lipinski definition) is 1. The third-order valence-corrected chi connectivity index (χ3v) is 5.27. The molecular weight excluding hydrogens is 412 g/mol. The highest BCUT2D eigenvalue weighted by Gasteiger charge is 2.15. The number of aryl methyl sites for hydroxylation is 2. The van der Waals surface area contributed by atoms with E-state index in [1.54, 1.807) is 6.07 Å². The molecule has 0 aliphatic carbocycles. The van der Waals surface area contributed by atoms with Crippen LogP contribution in [0.25, 0.3) is 11.3 Å². The Kier molecular flexibility index (Phi) is 6.86. The number of nitrogens with one attached hydrogen (secondary N) is 1. The van der Waals surface area contributed by atoms with Crippen LogP contribution in [0.3, 0.4) is 0 Å². The van der Waals surface area contributed by atoms with Crippen LogP contribution in [0, 0.1) is 13.8 Å². The number of carbonyl (C=O) groups excluding carboxylic acids is 1. The molecule has 1 N–H and O–H groups in total. The zero-order chi connectivity index (χ0) is 22.6. The topological polar surface area (TPSA) is 63.8 Å². The second kappa shape index (κ2) is 9.40. The van der Waals surface area contributed by atoms with Crippen molar-refractivity contribution in [2.75, 3.05) is 6.61 Å². The normalized spacial score (nSPS) is 11.7. The van der Waals surface area contributed by atoms with Gasteiger partial charge in [-0.05, 0) is 60.2 Å². The molecule has 31 heavy (non-hydrogen) atoms. The van der Waals surface area contributed by atoms with Crippen molar-refractivity contribution >= 4 is 23.7 Å². The molecule has 0 unspecified atom stereocenters. The number of carbonyl (C=O) groups is 1. The minimum absolute atomic E-state index is 0.0623. The summed E-state index contributed by atoms with van der Waals surface area (Å²) in [4.78, 5) is 12.0. The van der Waals surface area contributed by atoms with Gasteiger partial charge in [0.25, 0.3) is 5.91 Å². The van der Waals surface area contributed by atoms with Crippen molar-refractivity contribution in [3.05, 3.63) is 76.0 Å². The lowest BCUT2D eigenvalue weighted by molar-refractivity contribution is -0.123. The standard InChI is InChI=1S/C25H27ClN2O3/c1-16-6-7-18(13-21(16)26)23-11-9-20(31-23)14-27-28-24(29)15-30-22-10-8-19(12-17(22)2)25(3,4)5/h6-14H,15H2,1-5H3,(H,28,29). The van der Waals surface area contributed by atoms with Crippen molar-refractivity contribution in [2.45, 2.75) is 40.0 Å². The summed E-state index contributed by atoms with van der Waals surface area (Å²) in [5, 5.41) is 4.62. The van der Waals surface area contributed by atoms with Crippen molar-refractivity contribution in [3.63, 3.8) is 0 Å². The van der Waals surface area contributed by atoms with Crippen LogP contribution in [0.15, 0.2) is 58.0 Å². The summed E-state index contributed by atoms with van der Waals surface area (Å²) >= 11 is 6.17. The number of amides is 1. The Morgan fingerprint density at radius 3 is 2.55 bits per heavy atom. The quantitative estimate of drug-likeness (QED) is 0.376. The number of rotatable bonds is 6. The van der Waals surface area contributed by atoms with E-state index in [1.807, 2.05) is 50.2 Å². The number of hydrazone groups is 1. The highest BCUT2D eigenvalue weighted by Crippen LogP contribution is 2.28. The van der Waals surface area contributed by atoms with Gasteiger partial charge in [0.2, 0.25) is 0 Å². The van der Waals surface area contributed by atoms with Crippen LogP contribution in [-0.2, 0) is 10.2 Å². The average Bonchev–Trinajstić information content (AvgIpc) is 3.17. The summed E-state index contributed by atoms with van der Waals surface area (Å²) in [6.45, 7) is 10.3. The Labute approximate surface area is 188 Å². The van der Waals surface area contributed by atoms with E-state index in [1.165, 1.54) is 11.8 Å². The third-order valence-electron chi connectivity index (χ3n) is 4.86. The zero-order valence-electron chi connectivity index (χ0n) is 18.5. The number of halogens is 1. The van der Waals surface area contributed by atoms with E-state index >= 15 is 0 Å². The number of nitrogens with zero attached hydrogens (tertiary/aromatic N) is 1. The van der Waals surface area contributed by atoms with E-state index in [0.717, 1.165) is 16.7 Å². The summed E-state index contributed by atoms with van der Waals surface area (Å²) in [6.07, 6.45) is 1.45. The third kappa shape index (κ3) is 5.98. The maximum atomic E-state index is 12.0. The molecule has 0 bridgehead atoms. The van der Waals surface area contributed by atoms with Gasteiger partial charge < -0.3 is 9.15 Å². The van der Waals surface area contributed by atoms with Crippen LogP contribution in [0.2, 0.25) is 5.02 Å². The average molecular weight is 439 g/mol. The predicted molar refractivity (Wildman–Crippen MR) is 125 cm³/mol. The van der Waals surface area contributed by atoms with Crippen LogP contribution < -0.4 is 10.2 Å². The lowest BCUT2D eigenvalue weighted by Crippen LogP contribution is -2.24. The fourth-order valence-electron chi connectivity index (χ4n) is 2.94. The Morgan fingerprint density at radius 1 is 1.10 bits per heavy atom. The molecule has 0 saturated carbocycles. The second-order valence-corrected chi connectivity index (χ2v) is 8.89. The van der Waals surface area contributed by atoms with Gasteiger partial charge in [-0.2, -0.15) is 5.10 Å². The van der Waals surface area contributed by atoms with Crippen molar-refractivity contribution in [2.24, 2.45) is 5.10 Å². The monoisotopic (exact) mass is 438 g/mol. The highest BCUT2D eigenvalue weighted by atomic mass is 35.5. The molecule has 0 atom stereocenters. The molecule has 2 aromatic carbocycles. The predicted octanol–water partition coefficient (Wildman–Crippen LogP) is 6.04. The first-order valence-electron chi connectivity index (χ1n) is 10.1. The van der Waals surface area contributed by atoms with Crippen LogP contribution in [0.4, 0.5) is 0 Å². The molecule has 6 heteroatoms. The highest BCUT2D eigenvalue weighted by molar-refractivity contribution is 6.31. The Bertz CT molecular complexity index is 1110. The molecule has 0 aliphatic heterocycles. The molecule has 0 aliphatic rings. The molecule has 162 valence electrons. The van der Waals surface area contributed by atoms with Crippen molar-refractivity contribution in [3.8, 4) is 17.1 Å². The Balaban J connectivity index is 1.53. The zero-order valence-corrected chi connectivity index (χ0v) is 19.2. The number of ether oxygens (including phenoxy) is 1. The fourth-order valence-corrected chi connectivity index (χ4v) is 3.13. The summed E-state index contributed by atoms with van der Waals surface area (Å²) in [6, 6.07) is 15.3. The molecule has 3 aromatic rings. The van der Waals surface area contributed by atoms with E-state index < -0.39 is 0 Å². The first-order valence-corrected chi connectivity index (χ1v) is 10.4. The van der Waals surface area contributed by atoms with Crippen LogP contribution in [0.5, 0.6) is 5.75 Å².